The van der Waals surface area contributed by atoms with Crippen molar-refractivity contribution in [3.8, 4) is 0 Å². The molecular weight excluding hydrogens is 176 g/mol. The topological polar surface area (TPSA) is 56.7 Å². The Kier molecular flexibility index (Phi) is 2.31. The lowest BCUT2D eigenvalue weighted by molar-refractivity contribution is 0.407. The molecule has 78 valence electrons. The molecule has 0 radical (unpaired) electrons. The van der Waals surface area contributed by atoms with Crippen LogP contribution in [0.15, 0.2) is 0 Å². The minimum atomic E-state index is -0.211. The highest BCUT2D eigenvalue weighted by atomic mass is 15.3. The van der Waals surface area contributed by atoms with Crippen LogP contribution in [0.4, 0.5) is 0 Å². The van der Waals surface area contributed by atoms with Crippen molar-refractivity contribution in [3.63, 3.8) is 0 Å². The van der Waals surface area contributed by atoms with Gasteiger partial charge in [-0.15, -0.1) is 10.2 Å². The lowest BCUT2D eigenvalue weighted by Crippen LogP contribution is -2.36. The van der Waals surface area contributed by atoms with E-state index in [4.69, 9.17) is 5.73 Å². The molecule has 2 rings (SSSR count). The van der Waals surface area contributed by atoms with Gasteiger partial charge in [0.2, 0.25) is 0 Å². The van der Waals surface area contributed by atoms with Crippen LogP contribution >= 0.6 is 0 Å². The first-order valence-electron chi connectivity index (χ1n) is 5.36. The van der Waals surface area contributed by atoms with Gasteiger partial charge in [-0.3, -0.25) is 0 Å². The monoisotopic (exact) mass is 194 g/mol. The van der Waals surface area contributed by atoms with Crippen LogP contribution in [0.2, 0.25) is 0 Å². The molecular formula is C10H18N4. The van der Waals surface area contributed by atoms with Crippen molar-refractivity contribution >= 4 is 0 Å². The molecule has 4 heteroatoms. The quantitative estimate of drug-likeness (QED) is 0.772. The maximum Gasteiger partial charge on any atom is 0.153 e. The molecule has 1 saturated carbocycles. The molecule has 14 heavy (non-hydrogen) atoms. The van der Waals surface area contributed by atoms with Crippen LogP contribution < -0.4 is 5.73 Å². The molecule has 4 nitrogen and oxygen atoms in total. The molecule has 0 aromatic carbocycles. The summed E-state index contributed by atoms with van der Waals surface area (Å²) in [5.74, 6) is 1.95. The first kappa shape index (κ1) is 9.65. The zero-order chi connectivity index (χ0) is 10.2. The Balaban J connectivity index is 2.39. The molecule has 0 unspecified atom stereocenters. The molecule has 1 aliphatic carbocycles. The van der Waals surface area contributed by atoms with Crippen molar-refractivity contribution in [1.82, 2.24) is 14.8 Å². The van der Waals surface area contributed by atoms with E-state index in [2.05, 4.69) is 21.7 Å². The van der Waals surface area contributed by atoms with Crippen LogP contribution in [0.1, 0.15) is 44.3 Å². The van der Waals surface area contributed by atoms with Gasteiger partial charge in [0.25, 0.3) is 0 Å². The summed E-state index contributed by atoms with van der Waals surface area (Å²) >= 11 is 0. The third-order valence-corrected chi connectivity index (χ3v) is 3.19. The Morgan fingerprint density at radius 2 is 2.00 bits per heavy atom. The second-order valence-electron chi connectivity index (χ2n) is 4.18. The van der Waals surface area contributed by atoms with Gasteiger partial charge in [-0.05, 0) is 26.7 Å². The van der Waals surface area contributed by atoms with Crippen molar-refractivity contribution in [2.75, 3.05) is 0 Å². The molecule has 0 spiro atoms. The summed E-state index contributed by atoms with van der Waals surface area (Å²) in [6.07, 6.45) is 4.52. The van der Waals surface area contributed by atoms with E-state index in [-0.39, 0.29) is 5.54 Å². The van der Waals surface area contributed by atoms with E-state index in [1.54, 1.807) is 0 Å². The van der Waals surface area contributed by atoms with Gasteiger partial charge in [0.15, 0.2) is 5.82 Å². The molecule has 1 heterocycles. The minimum absolute atomic E-state index is 0.211. The fourth-order valence-corrected chi connectivity index (χ4v) is 2.36. The highest BCUT2D eigenvalue weighted by Crippen LogP contribution is 2.35. The lowest BCUT2D eigenvalue weighted by Gasteiger charge is -2.22. The second kappa shape index (κ2) is 3.35. The summed E-state index contributed by atoms with van der Waals surface area (Å²) in [6, 6.07) is 0. The number of rotatable bonds is 2. The van der Waals surface area contributed by atoms with Crippen LogP contribution in [-0.4, -0.2) is 14.8 Å². The van der Waals surface area contributed by atoms with E-state index in [0.29, 0.717) is 0 Å². The van der Waals surface area contributed by atoms with E-state index in [9.17, 15) is 0 Å². The van der Waals surface area contributed by atoms with Crippen LogP contribution in [0.3, 0.4) is 0 Å². The van der Waals surface area contributed by atoms with Gasteiger partial charge in [0.1, 0.15) is 5.82 Å². The van der Waals surface area contributed by atoms with E-state index in [1.165, 1.54) is 12.8 Å². The van der Waals surface area contributed by atoms with E-state index in [1.807, 2.05) is 6.92 Å². The fourth-order valence-electron chi connectivity index (χ4n) is 2.36. The smallest absolute Gasteiger partial charge is 0.153 e. The van der Waals surface area contributed by atoms with E-state index < -0.39 is 0 Å². The first-order chi connectivity index (χ1) is 6.67. The standard InChI is InChI=1S/C10H18N4/c1-3-14-8(2)12-13-9(14)10(11)6-4-5-7-10/h3-7,11H2,1-2H3. The van der Waals surface area contributed by atoms with Crippen molar-refractivity contribution in [2.24, 2.45) is 5.73 Å². The zero-order valence-corrected chi connectivity index (χ0v) is 8.95. The lowest BCUT2D eigenvalue weighted by atomic mass is 9.98. The van der Waals surface area contributed by atoms with Gasteiger partial charge in [0, 0.05) is 6.54 Å². The average Bonchev–Trinajstić information content (AvgIpc) is 2.73. The molecule has 1 aromatic rings. The zero-order valence-electron chi connectivity index (χ0n) is 8.95. The van der Waals surface area contributed by atoms with E-state index in [0.717, 1.165) is 31.0 Å². The highest BCUT2D eigenvalue weighted by Gasteiger charge is 2.36. The predicted octanol–water partition coefficient (Wildman–Crippen LogP) is 1.33. The number of nitrogens with zero attached hydrogens (tertiary/aromatic N) is 3. The third kappa shape index (κ3) is 1.34. The van der Waals surface area contributed by atoms with Crippen LogP contribution in [-0.2, 0) is 12.1 Å². The largest absolute Gasteiger partial charge is 0.319 e. The molecule has 1 aliphatic rings. The molecule has 0 amide bonds. The number of hydrogen-bond donors (Lipinski definition) is 1. The molecule has 0 bridgehead atoms. The second-order valence-corrected chi connectivity index (χ2v) is 4.18. The van der Waals surface area contributed by atoms with Crippen molar-refractivity contribution < 1.29 is 0 Å². The number of nitrogens with two attached hydrogens (primary N) is 1. The summed E-state index contributed by atoms with van der Waals surface area (Å²) in [4.78, 5) is 0. The number of aryl methyl sites for hydroxylation is 1. The average molecular weight is 194 g/mol. The van der Waals surface area contributed by atoms with Crippen LogP contribution in [0.5, 0.6) is 0 Å². The minimum Gasteiger partial charge on any atom is -0.319 e. The maximum atomic E-state index is 6.35. The Hall–Kier alpha value is -0.900. The van der Waals surface area contributed by atoms with Gasteiger partial charge in [0.05, 0.1) is 5.54 Å². The SMILES string of the molecule is CCn1c(C)nnc1C1(N)CCCC1. The fraction of sp³-hybridized carbons (Fsp3) is 0.800. The van der Waals surface area contributed by atoms with Gasteiger partial charge in [-0.2, -0.15) is 0 Å². The van der Waals surface area contributed by atoms with Gasteiger partial charge in [-0.1, -0.05) is 12.8 Å². The molecule has 2 N–H and O–H groups in total. The Morgan fingerprint density at radius 1 is 1.36 bits per heavy atom. The summed E-state index contributed by atoms with van der Waals surface area (Å²) in [5, 5.41) is 8.34. The highest BCUT2D eigenvalue weighted by molar-refractivity contribution is 5.10. The molecule has 0 atom stereocenters. The summed E-state index contributed by atoms with van der Waals surface area (Å²) in [7, 11) is 0. The van der Waals surface area contributed by atoms with Crippen LogP contribution in [0.25, 0.3) is 0 Å². The summed E-state index contributed by atoms with van der Waals surface area (Å²) in [5.41, 5.74) is 6.14. The van der Waals surface area contributed by atoms with Gasteiger partial charge >= 0.3 is 0 Å². The van der Waals surface area contributed by atoms with Gasteiger partial charge < -0.3 is 10.3 Å². The van der Waals surface area contributed by atoms with E-state index >= 15 is 0 Å². The summed E-state index contributed by atoms with van der Waals surface area (Å²) < 4.78 is 2.13. The van der Waals surface area contributed by atoms with Crippen LogP contribution in [0, 0.1) is 6.92 Å². The Morgan fingerprint density at radius 3 is 2.57 bits per heavy atom. The molecule has 1 aromatic heterocycles. The summed E-state index contributed by atoms with van der Waals surface area (Å²) in [6.45, 7) is 5.00. The predicted molar refractivity (Wildman–Crippen MR) is 54.8 cm³/mol. The number of aromatic nitrogens is 3. The number of hydrogen-bond acceptors (Lipinski definition) is 3. The van der Waals surface area contributed by atoms with Gasteiger partial charge in [-0.25, -0.2) is 0 Å². The Labute approximate surface area is 84.5 Å². The Bertz CT molecular complexity index is 323. The molecule has 0 saturated heterocycles. The van der Waals surface area contributed by atoms with Crippen molar-refractivity contribution in [1.29, 1.82) is 0 Å². The van der Waals surface area contributed by atoms with Crippen molar-refractivity contribution in [3.05, 3.63) is 11.6 Å². The maximum absolute atomic E-state index is 6.35. The first-order valence-corrected chi connectivity index (χ1v) is 5.36. The third-order valence-electron chi connectivity index (χ3n) is 3.19. The molecule has 0 aliphatic heterocycles. The molecule has 1 fully saturated rings. The van der Waals surface area contributed by atoms with Crippen molar-refractivity contribution in [2.45, 2.75) is 51.6 Å². The normalized spacial score (nSPS) is 20.2.